The third kappa shape index (κ3) is 6.06. The Morgan fingerprint density at radius 1 is 1.38 bits per heavy atom. The number of nitrogens with two attached hydrogens (primary N) is 1. The molecule has 0 heterocycles. The van der Waals surface area contributed by atoms with Crippen LogP contribution < -0.4 is 16.0 Å². The van der Waals surface area contributed by atoms with Crippen LogP contribution in [0.15, 0.2) is 22.7 Å². The SMILES string of the molecule is CC(C)N(CC(N)=O)c1ccc(CNC(C)(C)C)c(Br)c1. The molecule has 21 heavy (non-hydrogen) atoms. The van der Waals surface area contributed by atoms with Crippen molar-refractivity contribution >= 4 is 27.5 Å². The van der Waals surface area contributed by atoms with Crippen molar-refractivity contribution in [2.24, 2.45) is 5.73 Å². The second kappa shape index (κ2) is 7.27. The van der Waals surface area contributed by atoms with Gasteiger partial charge in [-0.2, -0.15) is 0 Å². The van der Waals surface area contributed by atoms with Crippen LogP contribution in [0.25, 0.3) is 0 Å². The van der Waals surface area contributed by atoms with Gasteiger partial charge in [0, 0.05) is 28.3 Å². The number of carbonyl (C=O) groups excluding carboxylic acids is 1. The van der Waals surface area contributed by atoms with Gasteiger partial charge in [-0.3, -0.25) is 4.79 Å². The van der Waals surface area contributed by atoms with Gasteiger partial charge in [-0.05, 0) is 52.3 Å². The standard InChI is InChI=1S/C16H26BrN3O/c1-11(2)20(10-15(18)21)13-7-6-12(14(17)8-13)9-19-16(3,4)5/h6-8,11,19H,9-10H2,1-5H3,(H2,18,21). The first kappa shape index (κ1) is 18.0. The van der Waals surface area contributed by atoms with Gasteiger partial charge in [-0.15, -0.1) is 0 Å². The summed E-state index contributed by atoms with van der Waals surface area (Å²) in [6.07, 6.45) is 0. The van der Waals surface area contributed by atoms with Crippen molar-refractivity contribution in [3.63, 3.8) is 0 Å². The van der Waals surface area contributed by atoms with Crippen LogP contribution in [0.1, 0.15) is 40.2 Å². The minimum Gasteiger partial charge on any atom is -0.368 e. The van der Waals surface area contributed by atoms with Crippen LogP contribution in [0.2, 0.25) is 0 Å². The van der Waals surface area contributed by atoms with Gasteiger partial charge >= 0.3 is 0 Å². The van der Waals surface area contributed by atoms with Crippen LogP contribution in [-0.4, -0.2) is 24.0 Å². The topological polar surface area (TPSA) is 58.4 Å². The van der Waals surface area contributed by atoms with Gasteiger partial charge in [-0.25, -0.2) is 0 Å². The molecule has 0 unspecified atom stereocenters. The third-order valence-corrected chi connectivity index (χ3v) is 3.87. The van der Waals surface area contributed by atoms with Crippen LogP contribution in [0, 0.1) is 0 Å². The summed E-state index contributed by atoms with van der Waals surface area (Å²) in [6.45, 7) is 11.5. The Kier molecular flexibility index (Phi) is 6.23. The summed E-state index contributed by atoms with van der Waals surface area (Å²) in [5, 5.41) is 3.46. The Balaban J connectivity index is 2.92. The van der Waals surface area contributed by atoms with Crippen LogP contribution in [0.4, 0.5) is 5.69 Å². The molecule has 0 aliphatic rings. The predicted molar refractivity (Wildman–Crippen MR) is 92.4 cm³/mol. The van der Waals surface area contributed by atoms with Crippen LogP contribution in [0.5, 0.6) is 0 Å². The van der Waals surface area contributed by atoms with E-state index in [1.807, 2.05) is 30.9 Å². The fourth-order valence-corrected chi connectivity index (χ4v) is 2.47. The number of benzene rings is 1. The van der Waals surface area contributed by atoms with Crippen molar-refractivity contribution in [1.29, 1.82) is 0 Å². The molecular weight excluding hydrogens is 330 g/mol. The fraction of sp³-hybridized carbons (Fsp3) is 0.562. The highest BCUT2D eigenvalue weighted by atomic mass is 79.9. The van der Waals surface area contributed by atoms with Crippen LogP contribution >= 0.6 is 15.9 Å². The van der Waals surface area contributed by atoms with E-state index in [0.29, 0.717) is 0 Å². The van der Waals surface area contributed by atoms with E-state index in [-0.39, 0.29) is 24.0 Å². The number of rotatable bonds is 6. The molecule has 4 nitrogen and oxygen atoms in total. The monoisotopic (exact) mass is 355 g/mol. The zero-order valence-electron chi connectivity index (χ0n) is 13.5. The Bertz CT molecular complexity index is 495. The van der Waals surface area contributed by atoms with E-state index in [1.165, 1.54) is 5.56 Å². The molecule has 0 spiro atoms. The van der Waals surface area contributed by atoms with Crippen molar-refractivity contribution in [2.45, 2.75) is 52.7 Å². The summed E-state index contributed by atoms with van der Waals surface area (Å²) in [7, 11) is 0. The van der Waals surface area contributed by atoms with Crippen molar-refractivity contribution in [2.75, 3.05) is 11.4 Å². The number of amides is 1. The maximum Gasteiger partial charge on any atom is 0.236 e. The number of anilines is 1. The van der Waals surface area contributed by atoms with Gasteiger partial charge in [0.15, 0.2) is 0 Å². The molecule has 1 aromatic rings. The predicted octanol–water partition coefficient (Wildman–Crippen LogP) is 3.04. The number of hydrogen-bond acceptors (Lipinski definition) is 3. The second-order valence-electron chi connectivity index (χ2n) is 6.57. The van der Waals surface area contributed by atoms with E-state index in [1.54, 1.807) is 0 Å². The molecule has 0 saturated heterocycles. The van der Waals surface area contributed by atoms with Gasteiger partial charge in [0.2, 0.25) is 5.91 Å². The third-order valence-electron chi connectivity index (χ3n) is 3.13. The summed E-state index contributed by atoms with van der Waals surface area (Å²) in [6, 6.07) is 6.37. The van der Waals surface area contributed by atoms with Crippen LogP contribution in [-0.2, 0) is 11.3 Å². The van der Waals surface area contributed by atoms with E-state index in [9.17, 15) is 4.79 Å². The maximum absolute atomic E-state index is 11.2. The van der Waals surface area contributed by atoms with E-state index < -0.39 is 0 Å². The van der Waals surface area contributed by atoms with E-state index in [2.05, 4.69) is 48.1 Å². The zero-order valence-corrected chi connectivity index (χ0v) is 15.1. The van der Waals surface area contributed by atoms with E-state index in [0.717, 1.165) is 16.7 Å². The van der Waals surface area contributed by atoms with Gasteiger partial charge in [0.25, 0.3) is 0 Å². The van der Waals surface area contributed by atoms with Gasteiger partial charge in [0.05, 0.1) is 6.54 Å². The van der Waals surface area contributed by atoms with Gasteiger partial charge < -0.3 is 16.0 Å². The molecule has 1 aromatic carbocycles. The van der Waals surface area contributed by atoms with Crippen molar-refractivity contribution < 1.29 is 4.79 Å². The van der Waals surface area contributed by atoms with Crippen LogP contribution in [0.3, 0.4) is 0 Å². The first-order valence-electron chi connectivity index (χ1n) is 7.18. The largest absolute Gasteiger partial charge is 0.368 e. The lowest BCUT2D eigenvalue weighted by molar-refractivity contribution is -0.116. The Morgan fingerprint density at radius 3 is 2.43 bits per heavy atom. The molecule has 118 valence electrons. The van der Waals surface area contributed by atoms with E-state index >= 15 is 0 Å². The van der Waals surface area contributed by atoms with E-state index in [4.69, 9.17) is 5.73 Å². The molecule has 0 radical (unpaired) electrons. The highest BCUT2D eigenvalue weighted by Crippen LogP contribution is 2.25. The highest BCUT2D eigenvalue weighted by Gasteiger charge is 2.15. The molecule has 0 aromatic heterocycles. The van der Waals surface area contributed by atoms with Crippen molar-refractivity contribution in [3.8, 4) is 0 Å². The van der Waals surface area contributed by atoms with Crippen molar-refractivity contribution in [1.82, 2.24) is 5.32 Å². The molecule has 0 saturated carbocycles. The first-order chi connectivity index (χ1) is 9.60. The lowest BCUT2D eigenvalue weighted by Gasteiger charge is -2.28. The highest BCUT2D eigenvalue weighted by molar-refractivity contribution is 9.10. The average Bonchev–Trinajstić information content (AvgIpc) is 2.32. The van der Waals surface area contributed by atoms with Gasteiger partial charge in [-0.1, -0.05) is 22.0 Å². The number of halogens is 1. The minimum absolute atomic E-state index is 0.0774. The Morgan fingerprint density at radius 2 is 2.00 bits per heavy atom. The molecule has 5 heteroatoms. The normalized spacial score (nSPS) is 11.8. The van der Waals surface area contributed by atoms with Crippen molar-refractivity contribution in [3.05, 3.63) is 28.2 Å². The molecule has 1 rings (SSSR count). The molecule has 1 amide bonds. The lowest BCUT2D eigenvalue weighted by Crippen LogP contribution is -2.38. The molecule has 0 aliphatic carbocycles. The maximum atomic E-state index is 11.2. The summed E-state index contributed by atoms with van der Waals surface area (Å²) in [5.41, 5.74) is 7.59. The molecule has 0 bridgehead atoms. The minimum atomic E-state index is -0.321. The number of nitrogens with zero attached hydrogens (tertiary/aromatic N) is 1. The first-order valence-corrected chi connectivity index (χ1v) is 7.98. The molecule has 0 atom stereocenters. The molecular formula is C16H26BrN3O. The number of nitrogens with one attached hydrogen (secondary N) is 1. The Hall–Kier alpha value is -1.07. The zero-order chi connectivity index (χ0) is 16.2. The number of primary amides is 1. The average molecular weight is 356 g/mol. The summed E-state index contributed by atoms with van der Waals surface area (Å²) in [5.74, 6) is -0.321. The quantitative estimate of drug-likeness (QED) is 0.824. The van der Waals surface area contributed by atoms with Gasteiger partial charge in [0.1, 0.15) is 0 Å². The Labute approximate surface area is 136 Å². The number of carbonyl (C=O) groups is 1. The number of hydrogen-bond donors (Lipinski definition) is 2. The smallest absolute Gasteiger partial charge is 0.236 e. The summed E-state index contributed by atoms with van der Waals surface area (Å²) < 4.78 is 1.03. The summed E-state index contributed by atoms with van der Waals surface area (Å²) in [4.78, 5) is 13.2. The molecule has 0 aliphatic heterocycles. The lowest BCUT2D eigenvalue weighted by atomic mass is 10.1. The molecule has 3 N–H and O–H groups in total. The second-order valence-corrected chi connectivity index (χ2v) is 7.42. The fourth-order valence-electron chi connectivity index (χ4n) is 1.96. The molecule has 0 fully saturated rings. The summed E-state index contributed by atoms with van der Waals surface area (Å²) >= 11 is 3.62.